The molecule has 0 fully saturated rings. The first-order valence-electron chi connectivity index (χ1n) is 7.09. The molecule has 5 heteroatoms. The van der Waals surface area contributed by atoms with Gasteiger partial charge in [0.05, 0.1) is 16.8 Å². The second-order valence-electron chi connectivity index (χ2n) is 8.78. The molecule has 0 radical (unpaired) electrons. The average molecular weight is 386 g/mol. The van der Waals surface area contributed by atoms with Gasteiger partial charge in [-0.15, -0.1) is 0 Å². The quantitative estimate of drug-likeness (QED) is 0.554. The van der Waals surface area contributed by atoms with E-state index in [4.69, 9.17) is 15.3 Å². The molecule has 0 bridgehead atoms. The van der Waals surface area contributed by atoms with Gasteiger partial charge in [0, 0.05) is 0 Å². The number of nitrogens with zero attached hydrogens (tertiary/aromatic N) is 1. The molecule has 3 N–H and O–H groups in total. The van der Waals surface area contributed by atoms with E-state index in [1.165, 1.54) is 20.9 Å². The predicted octanol–water partition coefficient (Wildman–Crippen LogP) is 3.85. The Kier molecular flexibility index (Phi) is 16.7. The fraction of sp³-hybridized carbons (Fsp3) is 1.00. The molecular formula is C16H39NNbO3. The van der Waals surface area contributed by atoms with Crippen LogP contribution in [0, 0.1) is 0 Å². The summed E-state index contributed by atoms with van der Waals surface area (Å²) in [6, 6.07) is 0. The van der Waals surface area contributed by atoms with E-state index in [-0.39, 0.29) is 5.54 Å². The fourth-order valence-corrected chi connectivity index (χ4v) is 0. The Hall–Kier alpha value is 0.420. The van der Waals surface area contributed by atoms with E-state index in [9.17, 15) is 0 Å². The summed E-state index contributed by atoms with van der Waals surface area (Å²) in [6.45, 7) is 22.0. The molecule has 0 aromatic heterocycles. The Morgan fingerprint density at radius 1 is 0.524 bits per heavy atom. The van der Waals surface area contributed by atoms with Crippen LogP contribution in [-0.2, 0) is 20.9 Å². The molecule has 21 heavy (non-hydrogen) atoms. The summed E-state index contributed by atoms with van der Waals surface area (Å²) in [5.74, 6) is 0. The molecule has 0 aliphatic carbocycles. The van der Waals surface area contributed by atoms with Gasteiger partial charge in [-0.1, -0.05) is 0 Å². The summed E-state index contributed by atoms with van der Waals surface area (Å²) >= 11 is 1.52. The third-order valence-electron chi connectivity index (χ3n) is 0.300. The Morgan fingerprint density at radius 3 is 0.571 bits per heavy atom. The first-order chi connectivity index (χ1) is 8.56. The van der Waals surface area contributed by atoms with E-state index >= 15 is 0 Å². The van der Waals surface area contributed by atoms with Crippen molar-refractivity contribution in [1.82, 2.24) is 0 Å². The van der Waals surface area contributed by atoms with Gasteiger partial charge in [-0.3, -0.25) is 0 Å². The van der Waals surface area contributed by atoms with Crippen LogP contribution < -0.4 is 0 Å². The Morgan fingerprint density at radius 2 is 0.571 bits per heavy atom. The topological polar surface area (TPSA) is 73.0 Å². The van der Waals surface area contributed by atoms with E-state index in [0.29, 0.717) is 0 Å². The van der Waals surface area contributed by atoms with Crippen LogP contribution in [-0.4, -0.2) is 37.7 Å². The zero-order chi connectivity index (χ0) is 18.7. The zero-order valence-electron chi connectivity index (χ0n) is 16.2. The monoisotopic (exact) mass is 386 g/mol. The van der Waals surface area contributed by atoms with Crippen molar-refractivity contribution in [2.75, 3.05) is 0 Å². The molecule has 131 valence electrons. The molecule has 0 atom stereocenters. The molecule has 0 unspecified atom stereocenters. The second kappa shape index (κ2) is 11.9. The molecule has 0 amide bonds. The van der Waals surface area contributed by atoms with Crippen LogP contribution in [0.2, 0.25) is 0 Å². The van der Waals surface area contributed by atoms with Crippen molar-refractivity contribution >= 4 is 0 Å². The van der Waals surface area contributed by atoms with E-state index in [0.717, 1.165) is 0 Å². The van der Waals surface area contributed by atoms with E-state index < -0.39 is 16.8 Å². The van der Waals surface area contributed by atoms with Crippen molar-refractivity contribution in [3.8, 4) is 0 Å². The van der Waals surface area contributed by atoms with Gasteiger partial charge in [0.25, 0.3) is 0 Å². The van der Waals surface area contributed by atoms with E-state index in [2.05, 4.69) is 24.1 Å². The van der Waals surface area contributed by atoms with Crippen LogP contribution in [0.4, 0.5) is 0 Å². The zero-order valence-corrected chi connectivity index (χ0v) is 18.4. The van der Waals surface area contributed by atoms with Crippen LogP contribution >= 0.6 is 0 Å². The van der Waals surface area contributed by atoms with Crippen LogP contribution in [0.25, 0.3) is 0 Å². The minimum atomic E-state index is -0.500. The van der Waals surface area contributed by atoms with Crippen LogP contribution in [0.15, 0.2) is 3.34 Å². The maximum atomic E-state index is 8.52. The van der Waals surface area contributed by atoms with Gasteiger partial charge in [-0.05, 0) is 62.3 Å². The van der Waals surface area contributed by atoms with E-state index in [1.807, 2.05) is 0 Å². The van der Waals surface area contributed by atoms with Crippen LogP contribution in [0.1, 0.15) is 83.1 Å². The first kappa shape index (κ1) is 29.4. The molecule has 4 nitrogen and oxygen atoms in total. The summed E-state index contributed by atoms with van der Waals surface area (Å²) in [4.78, 5) is 0. The van der Waals surface area contributed by atoms with Gasteiger partial charge in [0.15, 0.2) is 0 Å². The molecule has 0 saturated carbocycles. The predicted molar refractivity (Wildman–Crippen MR) is 88.1 cm³/mol. The minimum absolute atomic E-state index is 0.189. The molecular weight excluding hydrogens is 347 g/mol. The second-order valence-corrected chi connectivity index (χ2v) is 9.27. The SMILES string of the molecule is CC(C)(C)O.CC(C)(C)O.CC(C)(C)O.CC(C)(C)[N]=[Nb]. The number of aliphatic hydroxyl groups is 3. The normalized spacial score (nSPS) is 11.7. The summed E-state index contributed by atoms with van der Waals surface area (Å²) in [5, 5.41) is 25.6. The summed E-state index contributed by atoms with van der Waals surface area (Å²) in [6.07, 6.45) is 0. The van der Waals surface area contributed by atoms with E-state index in [1.54, 1.807) is 62.3 Å². The van der Waals surface area contributed by atoms with Gasteiger partial charge >= 0.3 is 50.5 Å². The molecule has 0 rings (SSSR count). The summed E-state index contributed by atoms with van der Waals surface area (Å²) in [7, 11) is 0. The Bertz CT molecular complexity index is 194. The van der Waals surface area contributed by atoms with Crippen LogP contribution in [0.5, 0.6) is 0 Å². The van der Waals surface area contributed by atoms with Crippen molar-refractivity contribution in [2.45, 2.75) is 105 Å². The summed E-state index contributed by atoms with van der Waals surface area (Å²) < 4.78 is 4.07. The molecule has 0 aliphatic heterocycles. The number of hydrogen-bond donors (Lipinski definition) is 3. The third-order valence-corrected chi connectivity index (χ3v) is 1.77. The van der Waals surface area contributed by atoms with Gasteiger partial charge in [-0.2, -0.15) is 0 Å². The molecule has 0 aliphatic rings. The third kappa shape index (κ3) is 592. The maximum absolute atomic E-state index is 8.52. The molecule has 0 saturated heterocycles. The Labute approximate surface area is 145 Å². The van der Waals surface area contributed by atoms with Gasteiger partial charge < -0.3 is 15.3 Å². The summed E-state index contributed by atoms with van der Waals surface area (Å²) in [5.41, 5.74) is -1.31. The van der Waals surface area contributed by atoms with Gasteiger partial charge in [0.1, 0.15) is 0 Å². The van der Waals surface area contributed by atoms with Crippen molar-refractivity contribution in [1.29, 1.82) is 0 Å². The fourth-order valence-electron chi connectivity index (χ4n) is 0. The molecule has 0 spiro atoms. The molecule has 0 aromatic carbocycles. The van der Waals surface area contributed by atoms with Crippen LogP contribution in [0.3, 0.4) is 0 Å². The Balaban J connectivity index is -0.0000000921. The molecule has 0 aromatic rings. The van der Waals surface area contributed by atoms with Gasteiger partial charge in [-0.25, -0.2) is 0 Å². The van der Waals surface area contributed by atoms with Crippen molar-refractivity contribution in [3.05, 3.63) is 0 Å². The molecule has 0 heterocycles. The number of hydrogen-bond acceptors (Lipinski definition) is 4. The van der Waals surface area contributed by atoms with Crippen molar-refractivity contribution < 1.29 is 36.2 Å². The van der Waals surface area contributed by atoms with Crippen molar-refractivity contribution in [3.63, 3.8) is 0 Å². The van der Waals surface area contributed by atoms with Crippen molar-refractivity contribution in [2.24, 2.45) is 3.34 Å². The first-order valence-corrected chi connectivity index (χ1v) is 8.08. The standard InChI is InChI=1S/C4H9N.3C4H10O.Nb/c4*1-4(2,3)5;/h1-3H3;3*5H,1-3H3;. The van der Waals surface area contributed by atoms with Gasteiger partial charge in [0.2, 0.25) is 0 Å². The number of rotatable bonds is 0. The average Bonchev–Trinajstić information content (AvgIpc) is 1.91.